The van der Waals surface area contributed by atoms with E-state index in [9.17, 15) is 4.79 Å². The fourth-order valence-corrected chi connectivity index (χ4v) is 2.04. The van der Waals surface area contributed by atoms with E-state index in [0.717, 1.165) is 41.7 Å². The third-order valence-corrected chi connectivity index (χ3v) is 3.03. The average Bonchev–Trinajstić information content (AvgIpc) is 2.30. The minimum atomic E-state index is 0.247. The van der Waals surface area contributed by atoms with Gasteiger partial charge in [0.05, 0.1) is 6.61 Å². The van der Waals surface area contributed by atoms with E-state index in [2.05, 4.69) is 6.58 Å². The summed E-state index contributed by atoms with van der Waals surface area (Å²) in [7, 11) is 0. The fraction of sp³-hybridized carbons (Fsp3) is 0.400. The predicted octanol–water partition coefficient (Wildman–Crippen LogP) is 3.55. The van der Waals surface area contributed by atoms with Crippen molar-refractivity contribution in [1.82, 2.24) is 0 Å². The summed E-state index contributed by atoms with van der Waals surface area (Å²) < 4.78 is 5.62. The zero-order valence-electron chi connectivity index (χ0n) is 10.3. The zero-order valence-corrected chi connectivity index (χ0v) is 10.3. The highest BCUT2D eigenvalue weighted by atomic mass is 16.5. The standard InChI is InChI=1S/C15H18O2/c1-11(2)8-9-17-13-7-6-12-4-3-5-15(16)14(12)10-13/h6-7,10H,1,3-5,8-9H2,2H3. The van der Waals surface area contributed by atoms with E-state index in [1.165, 1.54) is 0 Å². The number of carbonyl (C=O) groups excluding carboxylic acids is 1. The first kappa shape index (κ1) is 11.9. The Morgan fingerprint density at radius 1 is 1.41 bits per heavy atom. The molecule has 1 aromatic carbocycles. The number of ether oxygens (including phenoxy) is 1. The maximum Gasteiger partial charge on any atom is 0.163 e. The van der Waals surface area contributed by atoms with Crippen LogP contribution in [0.5, 0.6) is 5.75 Å². The molecule has 2 heteroatoms. The van der Waals surface area contributed by atoms with Crippen LogP contribution in [-0.2, 0) is 6.42 Å². The molecule has 0 amide bonds. The molecule has 0 heterocycles. The van der Waals surface area contributed by atoms with Gasteiger partial charge in [-0.2, -0.15) is 0 Å². The van der Waals surface area contributed by atoms with Crippen molar-refractivity contribution >= 4 is 5.78 Å². The fourth-order valence-electron chi connectivity index (χ4n) is 2.04. The molecule has 0 N–H and O–H groups in total. The summed E-state index contributed by atoms with van der Waals surface area (Å²) in [5.41, 5.74) is 3.12. The Kier molecular flexibility index (Phi) is 3.62. The summed E-state index contributed by atoms with van der Waals surface area (Å²) >= 11 is 0. The molecule has 90 valence electrons. The van der Waals surface area contributed by atoms with Crippen LogP contribution in [0.15, 0.2) is 30.4 Å². The number of ketones is 1. The molecule has 0 saturated heterocycles. The van der Waals surface area contributed by atoms with Crippen molar-refractivity contribution in [3.63, 3.8) is 0 Å². The van der Waals surface area contributed by atoms with Gasteiger partial charge in [-0.25, -0.2) is 0 Å². The van der Waals surface area contributed by atoms with Gasteiger partial charge in [-0.15, -0.1) is 6.58 Å². The molecule has 0 saturated carbocycles. The minimum absolute atomic E-state index is 0.247. The van der Waals surface area contributed by atoms with Crippen LogP contribution in [0, 0.1) is 0 Å². The SMILES string of the molecule is C=C(C)CCOc1ccc2c(c1)C(=O)CCC2. The quantitative estimate of drug-likeness (QED) is 0.739. The molecule has 1 aliphatic carbocycles. The second-order valence-electron chi connectivity index (χ2n) is 4.65. The molecule has 0 atom stereocenters. The lowest BCUT2D eigenvalue weighted by Gasteiger charge is -2.15. The Morgan fingerprint density at radius 3 is 3.00 bits per heavy atom. The summed E-state index contributed by atoms with van der Waals surface area (Å²) in [6.45, 7) is 6.45. The Balaban J connectivity index is 2.07. The summed E-state index contributed by atoms with van der Waals surface area (Å²) in [6, 6.07) is 5.85. The van der Waals surface area contributed by atoms with Gasteiger partial charge in [0.15, 0.2) is 5.78 Å². The van der Waals surface area contributed by atoms with E-state index in [0.29, 0.717) is 13.0 Å². The van der Waals surface area contributed by atoms with E-state index >= 15 is 0 Å². The molecule has 0 spiro atoms. The highest BCUT2D eigenvalue weighted by molar-refractivity contribution is 5.98. The third-order valence-electron chi connectivity index (χ3n) is 3.03. The normalized spacial score (nSPS) is 14.3. The largest absolute Gasteiger partial charge is 0.493 e. The molecule has 2 nitrogen and oxygen atoms in total. The number of benzene rings is 1. The first-order valence-electron chi connectivity index (χ1n) is 6.10. The van der Waals surface area contributed by atoms with Crippen LogP contribution in [0.25, 0.3) is 0 Å². The lowest BCUT2D eigenvalue weighted by Crippen LogP contribution is -2.11. The summed E-state index contributed by atoms with van der Waals surface area (Å²) in [4.78, 5) is 11.8. The van der Waals surface area contributed by atoms with Crippen LogP contribution in [0.1, 0.15) is 42.1 Å². The van der Waals surface area contributed by atoms with Crippen molar-refractivity contribution in [2.45, 2.75) is 32.6 Å². The third kappa shape index (κ3) is 2.96. The number of hydrogen-bond donors (Lipinski definition) is 0. The van der Waals surface area contributed by atoms with Gasteiger partial charge in [0.25, 0.3) is 0 Å². The molecule has 0 aromatic heterocycles. The Bertz CT molecular complexity index is 446. The lowest BCUT2D eigenvalue weighted by atomic mass is 9.90. The number of hydrogen-bond acceptors (Lipinski definition) is 2. The van der Waals surface area contributed by atoms with Gasteiger partial charge in [0, 0.05) is 18.4 Å². The van der Waals surface area contributed by atoms with E-state index in [4.69, 9.17) is 4.74 Å². The van der Waals surface area contributed by atoms with Gasteiger partial charge < -0.3 is 4.74 Å². The van der Waals surface area contributed by atoms with Crippen molar-refractivity contribution in [3.8, 4) is 5.75 Å². The van der Waals surface area contributed by atoms with Crippen LogP contribution in [0.2, 0.25) is 0 Å². The number of carbonyl (C=O) groups is 1. The summed E-state index contributed by atoms with van der Waals surface area (Å²) in [5.74, 6) is 1.04. The molecule has 0 aliphatic heterocycles. The predicted molar refractivity (Wildman–Crippen MR) is 68.6 cm³/mol. The zero-order chi connectivity index (χ0) is 12.3. The smallest absolute Gasteiger partial charge is 0.163 e. The van der Waals surface area contributed by atoms with Crippen molar-refractivity contribution in [2.75, 3.05) is 6.61 Å². The molecule has 0 unspecified atom stereocenters. The van der Waals surface area contributed by atoms with Crippen molar-refractivity contribution in [3.05, 3.63) is 41.5 Å². The molecule has 2 rings (SSSR count). The molecule has 0 bridgehead atoms. The molecular weight excluding hydrogens is 212 g/mol. The van der Waals surface area contributed by atoms with Gasteiger partial charge in [-0.3, -0.25) is 4.79 Å². The maximum absolute atomic E-state index is 11.8. The van der Waals surface area contributed by atoms with E-state index in [1.807, 2.05) is 25.1 Å². The van der Waals surface area contributed by atoms with Crippen LogP contribution in [0.3, 0.4) is 0 Å². The van der Waals surface area contributed by atoms with Gasteiger partial charge in [0.2, 0.25) is 0 Å². The molecule has 0 fully saturated rings. The van der Waals surface area contributed by atoms with Gasteiger partial charge in [0.1, 0.15) is 5.75 Å². The number of fused-ring (bicyclic) bond motifs is 1. The summed E-state index contributed by atoms with van der Waals surface area (Å²) in [6.07, 6.45) is 3.50. The summed E-state index contributed by atoms with van der Waals surface area (Å²) in [5, 5.41) is 0. The topological polar surface area (TPSA) is 26.3 Å². The second kappa shape index (κ2) is 5.17. The van der Waals surface area contributed by atoms with Gasteiger partial charge in [-0.1, -0.05) is 11.6 Å². The number of aryl methyl sites for hydroxylation is 1. The van der Waals surface area contributed by atoms with Crippen LogP contribution in [0.4, 0.5) is 0 Å². The first-order valence-corrected chi connectivity index (χ1v) is 6.10. The maximum atomic E-state index is 11.8. The van der Waals surface area contributed by atoms with E-state index in [-0.39, 0.29) is 5.78 Å². The Hall–Kier alpha value is -1.57. The highest BCUT2D eigenvalue weighted by Crippen LogP contribution is 2.25. The molecule has 17 heavy (non-hydrogen) atoms. The van der Waals surface area contributed by atoms with Crippen molar-refractivity contribution in [1.29, 1.82) is 0 Å². The molecular formula is C15H18O2. The molecule has 1 aromatic rings. The first-order chi connectivity index (χ1) is 8.16. The minimum Gasteiger partial charge on any atom is -0.493 e. The molecule has 1 aliphatic rings. The number of Topliss-reactive ketones (excluding diaryl/α,β-unsaturated/α-hetero) is 1. The van der Waals surface area contributed by atoms with Gasteiger partial charge in [-0.05, 0) is 37.5 Å². The van der Waals surface area contributed by atoms with E-state index in [1.54, 1.807) is 0 Å². The van der Waals surface area contributed by atoms with Crippen LogP contribution >= 0.6 is 0 Å². The molecule has 0 radical (unpaired) electrons. The van der Waals surface area contributed by atoms with Crippen LogP contribution in [-0.4, -0.2) is 12.4 Å². The lowest BCUT2D eigenvalue weighted by molar-refractivity contribution is 0.0972. The van der Waals surface area contributed by atoms with E-state index < -0.39 is 0 Å². The van der Waals surface area contributed by atoms with Crippen molar-refractivity contribution < 1.29 is 9.53 Å². The second-order valence-corrected chi connectivity index (χ2v) is 4.65. The highest BCUT2D eigenvalue weighted by Gasteiger charge is 2.17. The van der Waals surface area contributed by atoms with Crippen LogP contribution < -0.4 is 4.74 Å². The average molecular weight is 230 g/mol. The Morgan fingerprint density at radius 2 is 2.24 bits per heavy atom. The Labute approximate surface area is 102 Å². The monoisotopic (exact) mass is 230 g/mol. The number of rotatable bonds is 4. The van der Waals surface area contributed by atoms with Crippen molar-refractivity contribution in [2.24, 2.45) is 0 Å². The van der Waals surface area contributed by atoms with Gasteiger partial charge >= 0.3 is 0 Å².